The van der Waals surface area contributed by atoms with Crippen molar-refractivity contribution in [2.45, 2.75) is 56.9 Å². The summed E-state index contributed by atoms with van der Waals surface area (Å²) in [4.78, 5) is 12.4. The quantitative estimate of drug-likeness (QED) is 0.813. The van der Waals surface area contributed by atoms with Crippen LogP contribution in [0, 0.1) is 0 Å². The molecule has 2 aliphatic rings. The fraction of sp³-hybridized carbons (Fsp3) is 0.562. The largest absolute Gasteiger partial charge is 0.328 e. The molecule has 3 nitrogen and oxygen atoms in total. The molecule has 0 bridgehead atoms. The second-order valence-electron chi connectivity index (χ2n) is 6.33. The number of hydrogen-bond donors (Lipinski definition) is 2. The molecular weight excluding hydrogens is 236 g/mol. The first-order valence-corrected chi connectivity index (χ1v) is 7.24. The maximum absolute atomic E-state index is 12.4. The predicted molar refractivity (Wildman–Crippen MR) is 77.3 cm³/mol. The third-order valence-electron chi connectivity index (χ3n) is 4.79. The summed E-state index contributed by atoms with van der Waals surface area (Å²) < 4.78 is 0. The number of hydrogen-bond acceptors (Lipinski definition) is 2. The van der Waals surface area contributed by atoms with Crippen molar-refractivity contribution in [3.63, 3.8) is 0 Å². The summed E-state index contributed by atoms with van der Waals surface area (Å²) in [5, 5.41) is 3.06. The van der Waals surface area contributed by atoms with Crippen molar-refractivity contribution in [2.24, 2.45) is 5.73 Å². The molecular formula is C16H22N2O. The lowest BCUT2D eigenvalue weighted by molar-refractivity contribution is -0.122. The standard InChI is InChI=1S/C16H22N2O/c1-10(2)11-3-4-14-13(9-11)16(15(19)18-14)7-5-12(17)6-8-16/h3-4,9-10,12H,5-8,17H2,1-2H3,(H,18,19). The Kier molecular flexibility index (Phi) is 2.90. The molecule has 1 aromatic carbocycles. The van der Waals surface area contributed by atoms with E-state index in [4.69, 9.17) is 5.73 Å². The van der Waals surface area contributed by atoms with Gasteiger partial charge in [0, 0.05) is 11.7 Å². The molecule has 3 heteroatoms. The zero-order valence-corrected chi connectivity index (χ0v) is 11.7. The minimum atomic E-state index is -0.309. The van der Waals surface area contributed by atoms with E-state index in [1.54, 1.807) is 0 Å². The highest BCUT2D eigenvalue weighted by molar-refractivity contribution is 6.06. The average molecular weight is 258 g/mol. The summed E-state index contributed by atoms with van der Waals surface area (Å²) in [6, 6.07) is 6.67. The van der Waals surface area contributed by atoms with E-state index in [1.165, 1.54) is 11.1 Å². The highest BCUT2D eigenvalue weighted by Gasteiger charge is 2.48. The van der Waals surface area contributed by atoms with Gasteiger partial charge in [-0.3, -0.25) is 4.79 Å². The van der Waals surface area contributed by atoms with E-state index < -0.39 is 0 Å². The van der Waals surface area contributed by atoms with E-state index in [0.29, 0.717) is 5.92 Å². The van der Waals surface area contributed by atoms with Crippen LogP contribution in [-0.4, -0.2) is 11.9 Å². The molecule has 0 saturated heterocycles. The SMILES string of the molecule is CC(C)c1ccc2c(c1)C1(CCC(N)CC1)C(=O)N2. The van der Waals surface area contributed by atoms with E-state index in [9.17, 15) is 4.79 Å². The van der Waals surface area contributed by atoms with Gasteiger partial charge >= 0.3 is 0 Å². The Morgan fingerprint density at radius 1 is 1.32 bits per heavy atom. The van der Waals surface area contributed by atoms with Crippen molar-refractivity contribution in [3.05, 3.63) is 29.3 Å². The normalized spacial score (nSPS) is 29.7. The number of nitrogens with two attached hydrogens (primary N) is 1. The van der Waals surface area contributed by atoms with E-state index >= 15 is 0 Å². The molecule has 3 N–H and O–H groups in total. The van der Waals surface area contributed by atoms with Gasteiger partial charge in [-0.25, -0.2) is 0 Å². The first kappa shape index (κ1) is 12.7. The van der Waals surface area contributed by atoms with Crippen LogP contribution in [0.25, 0.3) is 0 Å². The van der Waals surface area contributed by atoms with Crippen molar-refractivity contribution >= 4 is 11.6 Å². The van der Waals surface area contributed by atoms with Gasteiger partial charge in [-0.05, 0) is 48.8 Å². The number of fused-ring (bicyclic) bond motifs is 2. The Labute approximate surface area is 114 Å². The van der Waals surface area contributed by atoms with Crippen molar-refractivity contribution in [2.75, 3.05) is 5.32 Å². The van der Waals surface area contributed by atoms with Crippen LogP contribution in [-0.2, 0) is 10.2 Å². The van der Waals surface area contributed by atoms with Gasteiger partial charge < -0.3 is 11.1 Å². The number of nitrogens with one attached hydrogen (secondary N) is 1. The minimum absolute atomic E-state index is 0.176. The maximum atomic E-state index is 12.4. The first-order chi connectivity index (χ1) is 9.03. The van der Waals surface area contributed by atoms with Gasteiger partial charge in [0.15, 0.2) is 0 Å². The highest BCUT2D eigenvalue weighted by atomic mass is 16.2. The molecule has 1 amide bonds. The second-order valence-corrected chi connectivity index (χ2v) is 6.33. The molecule has 1 aromatic rings. The van der Waals surface area contributed by atoms with Crippen molar-refractivity contribution in [1.82, 2.24) is 0 Å². The van der Waals surface area contributed by atoms with Crippen molar-refractivity contribution < 1.29 is 4.79 Å². The Morgan fingerprint density at radius 3 is 2.63 bits per heavy atom. The number of carbonyl (C=O) groups is 1. The Hall–Kier alpha value is -1.35. The van der Waals surface area contributed by atoms with E-state index in [1.807, 2.05) is 0 Å². The predicted octanol–water partition coefficient (Wildman–Crippen LogP) is 2.90. The van der Waals surface area contributed by atoms with Crippen LogP contribution >= 0.6 is 0 Å². The first-order valence-electron chi connectivity index (χ1n) is 7.24. The highest BCUT2D eigenvalue weighted by Crippen LogP contribution is 2.47. The lowest BCUT2D eigenvalue weighted by Gasteiger charge is -2.34. The zero-order chi connectivity index (χ0) is 13.6. The van der Waals surface area contributed by atoms with Gasteiger partial charge in [0.1, 0.15) is 0 Å². The van der Waals surface area contributed by atoms with Crippen LogP contribution < -0.4 is 11.1 Å². The summed E-state index contributed by atoms with van der Waals surface area (Å²) in [7, 11) is 0. The van der Waals surface area contributed by atoms with E-state index in [0.717, 1.165) is 31.4 Å². The zero-order valence-electron chi connectivity index (χ0n) is 11.7. The van der Waals surface area contributed by atoms with Gasteiger partial charge in [0.25, 0.3) is 0 Å². The fourth-order valence-electron chi connectivity index (χ4n) is 3.42. The van der Waals surface area contributed by atoms with E-state index in [-0.39, 0.29) is 17.4 Å². The van der Waals surface area contributed by atoms with Crippen LogP contribution in [0.1, 0.15) is 56.6 Å². The molecule has 0 aromatic heterocycles. The molecule has 1 saturated carbocycles. The molecule has 0 radical (unpaired) electrons. The second kappa shape index (κ2) is 4.34. The summed E-state index contributed by atoms with van der Waals surface area (Å²) in [6.45, 7) is 4.38. The Morgan fingerprint density at radius 2 is 2.00 bits per heavy atom. The summed E-state index contributed by atoms with van der Waals surface area (Å²) in [5.41, 5.74) is 9.21. The van der Waals surface area contributed by atoms with E-state index in [2.05, 4.69) is 37.4 Å². The monoisotopic (exact) mass is 258 g/mol. The smallest absolute Gasteiger partial charge is 0.235 e. The molecule has 1 aliphatic carbocycles. The van der Waals surface area contributed by atoms with Gasteiger partial charge in [-0.15, -0.1) is 0 Å². The summed E-state index contributed by atoms with van der Waals surface area (Å²) >= 11 is 0. The van der Waals surface area contributed by atoms with Crippen LogP contribution in [0.5, 0.6) is 0 Å². The molecule has 19 heavy (non-hydrogen) atoms. The topological polar surface area (TPSA) is 55.1 Å². The minimum Gasteiger partial charge on any atom is -0.328 e. The molecule has 3 rings (SSSR count). The summed E-state index contributed by atoms with van der Waals surface area (Å²) in [5.74, 6) is 0.666. The Bertz CT molecular complexity index is 513. The molecule has 1 heterocycles. The molecule has 0 atom stereocenters. The third-order valence-corrected chi connectivity index (χ3v) is 4.79. The van der Waals surface area contributed by atoms with Gasteiger partial charge in [-0.2, -0.15) is 0 Å². The summed E-state index contributed by atoms with van der Waals surface area (Å²) in [6.07, 6.45) is 3.65. The van der Waals surface area contributed by atoms with Gasteiger partial charge in [-0.1, -0.05) is 26.0 Å². The van der Waals surface area contributed by atoms with Crippen molar-refractivity contribution in [3.8, 4) is 0 Å². The number of amides is 1. The number of carbonyl (C=O) groups excluding carboxylic acids is 1. The molecule has 1 fully saturated rings. The molecule has 1 aliphatic heterocycles. The lowest BCUT2D eigenvalue weighted by Crippen LogP contribution is -2.41. The molecule has 1 spiro atoms. The third kappa shape index (κ3) is 1.88. The van der Waals surface area contributed by atoms with Crippen LogP contribution in [0.15, 0.2) is 18.2 Å². The molecule has 0 unspecified atom stereocenters. The van der Waals surface area contributed by atoms with Gasteiger partial charge in [0.2, 0.25) is 5.91 Å². The van der Waals surface area contributed by atoms with Gasteiger partial charge in [0.05, 0.1) is 5.41 Å². The molecule has 102 valence electrons. The van der Waals surface area contributed by atoms with Crippen molar-refractivity contribution in [1.29, 1.82) is 0 Å². The van der Waals surface area contributed by atoms with Crippen LogP contribution in [0.4, 0.5) is 5.69 Å². The van der Waals surface area contributed by atoms with Crippen LogP contribution in [0.3, 0.4) is 0 Å². The lowest BCUT2D eigenvalue weighted by atomic mass is 9.68. The fourth-order valence-corrected chi connectivity index (χ4v) is 3.42. The number of benzene rings is 1. The number of anilines is 1. The van der Waals surface area contributed by atoms with Crippen LogP contribution in [0.2, 0.25) is 0 Å². The average Bonchev–Trinajstić information content (AvgIpc) is 2.65. The Balaban J connectivity index is 2.05. The number of rotatable bonds is 1. The maximum Gasteiger partial charge on any atom is 0.235 e.